The number of aryl methyl sites for hydroxylation is 3. The first-order chi connectivity index (χ1) is 9.45. The first-order valence-corrected chi connectivity index (χ1v) is 8.69. The molecule has 0 aliphatic rings. The van der Waals surface area contributed by atoms with E-state index in [0.29, 0.717) is 11.3 Å². The predicted octanol–water partition coefficient (Wildman–Crippen LogP) is 2.69. The fourth-order valence-electron chi connectivity index (χ4n) is 2.43. The van der Waals surface area contributed by atoms with Gasteiger partial charge in [-0.25, -0.2) is 13.1 Å². The van der Waals surface area contributed by atoms with E-state index in [1.165, 1.54) is 0 Å². The average molecular weight is 313 g/mol. The second-order valence-corrected chi connectivity index (χ2v) is 8.50. The number of hydrogen-bond acceptors (Lipinski definition) is 3. The molecule has 0 aliphatic carbocycles. The van der Waals surface area contributed by atoms with E-state index in [9.17, 15) is 13.5 Å². The van der Waals surface area contributed by atoms with E-state index in [-0.39, 0.29) is 12.0 Å². The maximum atomic E-state index is 12.4. The average Bonchev–Trinajstić information content (AvgIpc) is 2.24. The minimum atomic E-state index is -3.54. The minimum Gasteiger partial charge on any atom is -0.393 e. The van der Waals surface area contributed by atoms with Crippen LogP contribution in [0.3, 0.4) is 0 Å². The van der Waals surface area contributed by atoms with Crippen molar-refractivity contribution in [1.29, 1.82) is 0 Å². The summed E-state index contributed by atoms with van der Waals surface area (Å²) in [5.74, 6) is 0. The van der Waals surface area contributed by atoms with Gasteiger partial charge in [-0.05, 0) is 43.7 Å². The van der Waals surface area contributed by atoms with Gasteiger partial charge in [-0.15, -0.1) is 0 Å². The van der Waals surface area contributed by atoms with Gasteiger partial charge in [0.05, 0.1) is 11.0 Å². The maximum absolute atomic E-state index is 12.4. The van der Waals surface area contributed by atoms with Crippen molar-refractivity contribution in [3.63, 3.8) is 0 Å². The van der Waals surface area contributed by atoms with Crippen molar-refractivity contribution >= 4 is 10.0 Å². The molecule has 0 radical (unpaired) electrons. The molecule has 1 aromatic carbocycles. The summed E-state index contributed by atoms with van der Waals surface area (Å²) in [6.07, 6.45) is -0.146. The molecular weight excluding hydrogens is 286 g/mol. The number of nitrogens with one attached hydrogen (secondary N) is 1. The number of aliphatic hydroxyl groups is 1. The van der Waals surface area contributed by atoms with Gasteiger partial charge < -0.3 is 5.11 Å². The Hall–Kier alpha value is -0.910. The Morgan fingerprint density at radius 1 is 1.14 bits per heavy atom. The molecule has 5 heteroatoms. The summed E-state index contributed by atoms with van der Waals surface area (Å²) in [5.41, 5.74) is 2.29. The molecule has 1 unspecified atom stereocenters. The van der Waals surface area contributed by atoms with Crippen molar-refractivity contribution in [2.75, 3.05) is 6.54 Å². The predicted molar refractivity (Wildman–Crippen MR) is 85.9 cm³/mol. The van der Waals surface area contributed by atoms with Crippen LogP contribution in [0, 0.1) is 26.2 Å². The molecule has 21 heavy (non-hydrogen) atoms. The lowest BCUT2D eigenvalue weighted by Crippen LogP contribution is -2.33. The van der Waals surface area contributed by atoms with Crippen LogP contribution < -0.4 is 4.72 Å². The largest absolute Gasteiger partial charge is 0.393 e. The molecule has 0 aliphatic heterocycles. The summed E-state index contributed by atoms with van der Waals surface area (Å²) in [4.78, 5) is 0.346. The molecule has 0 bridgehead atoms. The summed E-state index contributed by atoms with van der Waals surface area (Å²) >= 11 is 0. The van der Waals surface area contributed by atoms with Crippen molar-refractivity contribution in [3.05, 3.63) is 28.8 Å². The van der Waals surface area contributed by atoms with Crippen LogP contribution in [0.25, 0.3) is 0 Å². The third kappa shape index (κ3) is 4.80. The van der Waals surface area contributed by atoms with Crippen molar-refractivity contribution in [3.8, 4) is 0 Å². The highest BCUT2D eigenvalue weighted by Crippen LogP contribution is 2.23. The molecule has 0 aromatic heterocycles. The first kappa shape index (κ1) is 18.1. The molecule has 1 aromatic rings. The van der Waals surface area contributed by atoms with E-state index >= 15 is 0 Å². The number of sulfonamides is 1. The van der Waals surface area contributed by atoms with Crippen LogP contribution in [0.5, 0.6) is 0 Å². The second-order valence-electron chi connectivity index (χ2n) is 6.80. The summed E-state index contributed by atoms with van der Waals surface area (Å²) in [6, 6.07) is 3.73. The smallest absolute Gasteiger partial charge is 0.241 e. The second kappa shape index (κ2) is 6.46. The lowest BCUT2D eigenvalue weighted by molar-refractivity contribution is 0.0571. The highest BCUT2D eigenvalue weighted by atomic mass is 32.2. The van der Waals surface area contributed by atoms with Gasteiger partial charge in [-0.3, -0.25) is 0 Å². The highest BCUT2D eigenvalue weighted by molar-refractivity contribution is 7.89. The molecule has 0 fully saturated rings. The molecule has 2 N–H and O–H groups in total. The van der Waals surface area contributed by atoms with Crippen LogP contribution in [0.4, 0.5) is 0 Å². The van der Waals surface area contributed by atoms with E-state index in [4.69, 9.17) is 0 Å². The Kier molecular flexibility index (Phi) is 5.58. The van der Waals surface area contributed by atoms with Gasteiger partial charge >= 0.3 is 0 Å². The summed E-state index contributed by atoms with van der Waals surface area (Å²) in [7, 11) is -3.54. The normalized spacial score (nSPS) is 14.2. The summed E-state index contributed by atoms with van der Waals surface area (Å²) in [6.45, 7) is 11.6. The molecular formula is C16H27NO3S. The van der Waals surface area contributed by atoms with E-state index in [1.807, 2.05) is 39.8 Å². The van der Waals surface area contributed by atoms with Crippen LogP contribution in [-0.2, 0) is 10.0 Å². The first-order valence-electron chi connectivity index (χ1n) is 7.20. The highest BCUT2D eigenvalue weighted by Gasteiger charge is 2.24. The van der Waals surface area contributed by atoms with Crippen LogP contribution in [0.1, 0.15) is 43.9 Å². The third-order valence-corrected chi connectivity index (χ3v) is 5.35. The van der Waals surface area contributed by atoms with Crippen LogP contribution in [0.2, 0.25) is 0 Å². The Labute approximate surface area is 128 Å². The van der Waals surface area contributed by atoms with E-state index in [0.717, 1.165) is 16.7 Å². The SMILES string of the molecule is Cc1cc(C)c(S(=O)(=O)NCCC(O)C(C)(C)C)c(C)c1. The van der Waals surface area contributed by atoms with Gasteiger partial charge in [-0.2, -0.15) is 0 Å². The van der Waals surface area contributed by atoms with Crippen molar-refractivity contribution in [2.45, 2.75) is 59.0 Å². The number of hydrogen-bond donors (Lipinski definition) is 2. The van der Waals surface area contributed by atoms with Crippen molar-refractivity contribution in [1.82, 2.24) is 4.72 Å². The quantitative estimate of drug-likeness (QED) is 0.878. The fraction of sp³-hybridized carbons (Fsp3) is 0.625. The number of aliphatic hydroxyl groups excluding tert-OH is 1. The number of rotatable bonds is 5. The zero-order valence-corrected chi connectivity index (χ0v) is 14.6. The topological polar surface area (TPSA) is 66.4 Å². The zero-order valence-electron chi connectivity index (χ0n) is 13.8. The van der Waals surface area contributed by atoms with Gasteiger partial charge in [-0.1, -0.05) is 38.5 Å². The Morgan fingerprint density at radius 2 is 1.62 bits per heavy atom. The molecule has 1 atom stereocenters. The Bertz CT molecular complexity index is 577. The van der Waals surface area contributed by atoms with Crippen molar-refractivity contribution < 1.29 is 13.5 Å². The third-order valence-electron chi connectivity index (χ3n) is 3.58. The molecule has 0 spiro atoms. The van der Waals surface area contributed by atoms with E-state index in [1.54, 1.807) is 13.8 Å². The number of benzene rings is 1. The Balaban J connectivity index is 2.85. The molecule has 120 valence electrons. The molecule has 4 nitrogen and oxygen atoms in total. The molecule has 0 saturated heterocycles. The van der Waals surface area contributed by atoms with Crippen LogP contribution in [0.15, 0.2) is 17.0 Å². The van der Waals surface area contributed by atoms with Gasteiger partial charge in [0.1, 0.15) is 0 Å². The monoisotopic (exact) mass is 313 g/mol. The van der Waals surface area contributed by atoms with Crippen LogP contribution >= 0.6 is 0 Å². The van der Waals surface area contributed by atoms with Gasteiger partial charge in [0.2, 0.25) is 10.0 Å². The van der Waals surface area contributed by atoms with E-state index in [2.05, 4.69) is 4.72 Å². The summed E-state index contributed by atoms with van der Waals surface area (Å²) < 4.78 is 27.4. The maximum Gasteiger partial charge on any atom is 0.241 e. The molecule has 0 heterocycles. The Morgan fingerprint density at radius 3 is 2.05 bits per heavy atom. The molecule has 1 rings (SSSR count). The van der Waals surface area contributed by atoms with E-state index < -0.39 is 16.1 Å². The lowest BCUT2D eigenvalue weighted by atomic mass is 9.87. The van der Waals surface area contributed by atoms with Crippen molar-refractivity contribution in [2.24, 2.45) is 5.41 Å². The summed E-state index contributed by atoms with van der Waals surface area (Å²) in [5, 5.41) is 9.96. The standard InChI is InChI=1S/C16H27NO3S/c1-11-9-12(2)15(13(3)10-11)21(19,20)17-8-7-14(18)16(4,5)6/h9-10,14,17-18H,7-8H2,1-6H3. The van der Waals surface area contributed by atoms with Gasteiger partial charge in [0, 0.05) is 6.54 Å². The van der Waals surface area contributed by atoms with Gasteiger partial charge in [0.25, 0.3) is 0 Å². The van der Waals surface area contributed by atoms with Crippen LogP contribution in [-0.4, -0.2) is 26.2 Å². The zero-order chi connectivity index (χ0) is 16.4. The van der Waals surface area contributed by atoms with Gasteiger partial charge in [0.15, 0.2) is 0 Å². The molecule has 0 amide bonds. The lowest BCUT2D eigenvalue weighted by Gasteiger charge is -2.25. The minimum absolute atomic E-state index is 0.230. The fourth-order valence-corrected chi connectivity index (χ4v) is 3.92. The molecule has 0 saturated carbocycles.